The average Bonchev–Trinajstić information content (AvgIpc) is 2.23. The summed E-state index contributed by atoms with van der Waals surface area (Å²) in [5.74, 6) is -26.3. The lowest BCUT2D eigenvalue weighted by Gasteiger charge is -2.33. The minimum Gasteiger partial charge on any atom is -0.204 e. The molecule has 14 heteroatoms. The highest BCUT2D eigenvalue weighted by atomic mass is 79.9. The van der Waals surface area contributed by atoms with Crippen molar-refractivity contribution in [2.45, 2.75) is 30.1 Å². The van der Waals surface area contributed by atoms with Crippen LogP contribution >= 0.6 is 15.9 Å². The molecule has 0 aromatic rings. The molecule has 0 unspecified atom stereocenters. The highest BCUT2D eigenvalue weighted by Gasteiger charge is 2.83. The standard InChI is InChI=1S/C7BrF13/c8-1(4(12,13)14)2(9)3(10,11)5(15,16)6(17,18)7(19,20)21/b2-1+. The number of hydrogen-bond donors (Lipinski definition) is 0. The van der Waals surface area contributed by atoms with Gasteiger partial charge in [0.25, 0.3) is 0 Å². The Balaban J connectivity index is 6.15. The summed E-state index contributed by atoms with van der Waals surface area (Å²) in [5, 5.41) is 0. The van der Waals surface area contributed by atoms with E-state index in [0.29, 0.717) is 0 Å². The van der Waals surface area contributed by atoms with Crippen molar-refractivity contribution in [3.63, 3.8) is 0 Å². The molecular weight excluding hydrogens is 411 g/mol. The van der Waals surface area contributed by atoms with Gasteiger partial charge < -0.3 is 0 Å². The Labute approximate surface area is 114 Å². The Morgan fingerprint density at radius 3 is 1.19 bits per heavy atom. The number of halogens is 14. The molecule has 126 valence electrons. The summed E-state index contributed by atoms with van der Waals surface area (Å²) in [5.41, 5.74) is 0. The van der Waals surface area contributed by atoms with Gasteiger partial charge in [0, 0.05) is 0 Å². The fourth-order valence-corrected chi connectivity index (χ4v) is 1.02. The van der Waals surface area contributed by atoms with Crippen LogP contribution in [0.2, 0.25) is 0 Å². The summed E-state index contributed by atoms with van der Waals surface area (Å²) in [6, 6.07) is 0. The molecule has 0 radical (unpaired) electrons. The largest absolute Gasteiger partial charge is 0.460 e. The maximum atomic E-state index is 12.7. The third-order valence-corrected chi connectivity index (χ3v) is 2.66. The van der Waals surface area contributed by atoms with Crippen LogP contribution in [0.4, 0.5) is 57.1 Å². The Morgan fingerprint density at radius 2 is 0.952 bits per heavy atom. The first kappa shape index (κ1) is 20.3. The zero-order valence-corrected chi connectivity index (χ0v) is 10.4. The molecule has 0 saturated heterocycles. The molecule has 0 atom stereocenters. The summed E-state index contributed by atoms with van der Waals surface area (Å²) >= 11 is 1.05. The van der Waals surface area contributed by atoms with Gasteiger partial charge in [-0.2, -0.15) is 52.7 Å². The minimum absolute atomic E-state index is 1.05. The monoisotopic (exact) mass is 410 g/mol. The molecule has 0 nitrogen and oxygen atoms in total. The van der Waals surface area contributed by atoms with E-state index in [2.05, 4.69) is 0 Å². The van der Waals surface area contributed by atoms with E-state index in [4.69, 9.17) is 0 Å². The SMILES string of the molecule is F/C(=C(/Br)C(F)(F)F)C(F)(F)C(F)(F)C(F)(F)C(F)(F)F. The van der Waals surface area contributed by atoms with E-state index in [-0.39, 0.29) is 0 Å². The molecule has 0 N–H and O–H groups in total. The van der Waals surface area contributed by atoms with Crippen LogP contribution in [0.1, 0.15) is 0 Å². The fraction of sp³-hybridized carbons (Fsp3) is 0.714. The van der Waals surface area contributed by atoms with Gasteiger partial charge in [-0.3, -0.25) is 0 Å². The summed E-state index contributed by atoms with van der Waals surface area (Å²) in [6.45, 7) is 0. The molecular formula is C7BrF13. The molecule has 0 rings (SSSR count). The van der Waals surface area contributed by atoms with Crippen LogP contribution in [0.25, 0.3) is 0 Å². The predicted molar refractivity (Wildman–Crippen MR) is 44.0 cm³/mol. The number of alkyl halides is 12. The summed E-state index contributed by atoms with van der Waals surface area (Å²) in [6.07, 6.45) is -13.3. The van der Waals surface area contributed by atoms with E-state index in [1.54, 1.807) is 0 Å². The van der Waals surface area contributed by atoms with Crippen molar-refractivity contribution in [3.8, 4) is 0 Å². The molecule has 0 aliphatic carbocycles. The minimum atomic E-state index is -7.51. The third-order valence-electron chi connectivity index (χ3n) is 1.86. The second-order valence-corrected chi connectivity index (χ2v) is 4.14. The molecule has 0 spiro atoms. The van der Waals surface area contributed by atoms with Crippen molar-refractivity contribution in [2.24, 2.45) is 0 Å². The number of rotatable bonds is 3. The smallest absolute Gasteiger partial charge is 0.204 e. The van der Waals surface area contributed by atoms with Gasteiger partial charge in [0.2, 0.25) is 0 Å². The van der Waals surface area contributed by atoms with E-state index in [9.17, 15) is 57.1 Å². The lowest BCUT2D eigenvalue weighted by molar-refractivity contribution is -0.391. The van der Waals surface area contributed by atoms with Crippen molar-refractivity contribution in [3.05, 3.63) is 10.3 Å². The first-order valence-electron chi connectivity index (χ1n) is 4.15. The molecule has 0 heterocycles. The van der Waals surface area contributed by atoms with Gasteiger partial charge in [-0.25, -0.2) is 4.39 Å². The van der Waals surface area contributed by atoms with E-state index in [1.807, 2.05) is 0 Å². The normalized spacial score (nSPS) is 16.9. The Kier molecular flexibility index (Phi) is 5.02. The zero-order valence-electron chi connectivity index (χ0n) is 8.79. The number of allylic oxidation sites excluding steroid dienone is 2. The van der Waals surface area contributed by atoms with Gasteiger partial charge in [-0.05, 0) is 15.9 Å². The van der Waals surface area contributed by atoms with Crippen molar-refractivity contribution in [1.82, 2.24) is 0 Å². The highest BCUT2D eigenvalue weighted by Crippen LogP contribution is 2.56. The lowest BCUT2D eigenvalue weighted by atomic mass is 10.0. The maximum absolute atomic E-state index is 12.7. The van der Waals surface area contributed by atoms with Crippen LogP contribution in [0.5, 0.6) is 0 Å². The van der Waals surface area contributed by atoms with E-state index >= 15 is 0 Å². The van der Waals surface area contributed by atoms with Crippen molar-refractivity contribution >= 4 is 15.9 Å². The molecule has 0 fully saturated rings. The molecule has 0 aromatic carbocycles. The Hall–Kier alpha value is -0.690. The molecule has 21 heavy (non-hydrogen) atoms. The summed E-state index contributed by atoms with van der Waals surface area (Å²) < 4.78 is 155. The van der Waals surface area contributed by atoms with Gasteiger partial charge in [-0.15, -0.1) is 0 Å². The van der Waals surface area contributed by atoms with Crippen LogP contribution in [-0.2, 0) is 0 Å². The molecule has 0 bridgehead atoms. The lowest BCUT2D eigenvalue weighted by Crippen LogP contribution is -2.61. The summed E-state index contributed by atoms with van der Waals surface area (Å²) in [4.78, 5) is 0. The topological polar surface area (TPSA) is 0 Å². The van der Waals surface area contributed by atoms with Gasteiger partial charge in [0.05, 0.1) is 0 Å². The zero-order chi connectivity index (χ0) is 17.7. The second kappa shape index (κ2) is 5.19. The highest BCUT2D eigenvalue weighted by molar-refractivity contribution is 9.11. The van der Waals surface area contributed by atoms with E-state index in [1.165, 1.54) is 0 Å². The second-order valence-electron chi connectivity index (χ2n) is 3.35. The average molecular weight is 411 g/mol. The Morgan fingerprint density at radius 1 is 0.619 bits per heavy atom. The van der Waals surface area contributed by atoms with Crippen LogP contribution in [-0.4, -0.2) is 30.1 Å². The fourth-order valence-electron chi connectivity index (χ4n) is 0.775. The molecule has 0 aromatic heterocycles. The van der Waals surface area contributed by atoms with Crippen molar-refractivity contribution < 1.29 is 57.1 Å². The van der Waals surface area contributed by atoms with Crippen LogP contribution in [0.3, 0.4) is 0 Å². The van der Waals surface area contributed by atoms with Gasteiger partial charge in [-0.1, -0.05) is 0 Å². The van der Waals surface area contributed by atoms with E-state index in [0.717, 1.165) is 15.9 Å². The first-order chi connectivity index (χ1) is 8.82. The number of hydrogen-bond acceptors (Lipinski definition) is 0. The molecule has 0 aliphatic rings. The van der Waals surface area contributed by atoms with Crippen LogP contribution in [0, 0.1) is 0 Å². The van der Waals surface area contributed by atoms with Gasteiger partial charge in [0.1, 0.15) is 4.48 Å². The van der Waals surface area contributed by atoms with Crippen LogP contribution in [0.15, 0.2) is 10.3 Å². The maximum Gasteiger partial charge on any atom is 0.460 e. The molecule has 0 amide bonds. The third kappa shape index (κ3) is 3.23. The van der Waals surface area contributed by atoms with Crippen LogP contribution < -0.4 is 0 Å². The quantitative estimate of drug-likeness (QED) is 0.532. The predicted octanol–water partition coefficient (Wildman–Crippen LogP) is 5.59. The van der Waals surface area contributed by atoms with E-state index < -0.39 is 40.4 Å². The van der Waals surface area contributed by atoms with Gasteiger partial charge >= 0.3 is 30.1 Å². The Bertz CT molecular complexity index is 425. The molecule has 0 saturated carbocycles. The first-order valence-corrected chi connectivity index (χ1v) is 4.94. The van der Waals surface area contributed by atoms with Gasteiger partial charge in [0.15, 0.2) is 5.83 Å². The summed E-state index contributed by atoms with van der Waals surface area (Å²) in [7, 11) is 0. The van der Waals surface area contributed by atoms with Crippen molar-refractivity contribution in [1.29, 1.82) is 0 Å². The van der Waals surface area contributed by atoms with Crippen molar-refractivity contribution in [2.75, 3.05) is 0 Å². The molecule has 0 aliphatic heterocycles.